The van der Waals surface area contributed by atoms with Crippen LogP contribution >= 0.6 is 35.7 Å². The lowest BCUT2D eigenvalue weighted by atomic mass is 10.3. The largest absolute Gasteiger partial charge is 0.357 e. The molecule has 0 aliphatic carbocycles. The number of rotatable bonds is 6. The molecule has 1 aliphatic rings. The van der Waals surface area contributed by atoms with Crippen molar-refractivity contribution in [2.75, 3.05) is 31.9 Å². The van der Waals surface area contributed by atoms with Crippen molar-refractivity contribution in [3.05, 3.63) is 30.2 Å². The van der Waals surface area contributed by atoms with Crippen molar-refractivity contribution in [3.63, 3.8) is 0 Å². The predicted molar refractivity (Wildman–Crippen MR) is 121 cm³/mol. The molecule has 1 saturated heterocycles. The zero-order chi connectivity index (χ0) is 18.2. The molecule has 0 bridgehead atoms. The average molecular weight is 502 g/mol. The van der Waals surface area contributed by atoms with Crippen molar-refractivity contribution in [2.24, 2.45) is 4.99 Å². The summed E-state index contributed by atoms with van der Waals surface area (Å²) < 4.78 is 5.30. The lowest BCUT2D eigenvalue weighted by Crippen LogP contribution is -2.48. The van der Waals surface area contributed by atoms with Gasteiger partial charge in [-0.25, -0.2) is 0 Å². The Morgan fingerprint density at radius 2 is 2.30 bits per heavy atom. The maximum Gasteiger partial charge on any atom is 0.276 e. The van der Waals surface area contributed by atoms with Crippen molar-refractivity contribution in [1.29, 1.82) is 0 Å². The molecule has 9 heteroatoms. The Hall–Kier alpha value is -1.36. The Kier molecular flexibility index (Phi) is 9.32. The Bertz CT molecular complexity index is 711. The number of thioether (sulfide) groups is 1. The zero-order valence-electron chi connectivity index (χ0n) is 15.8. The van der Waals surface area contributed by atoms with E-state index < -0.39 is 0 Å². The second kappa shape index (κ2) is 11.5. The van der Waals surface area contributed by atoms with Crippen LogP contribution in [-0.4, -0.2) is 63.2 Å². The normalized spacial score (nSPS) is 17.5. The van der Waals surface area contributed by atoms with Crippen LogP contribution in [0.5, 0.6) is 0 Å². The second-order valence-electron chi connectivity index (χ2n) is 6.06. The summed E-state index contributed by atoms with van der Waals surface area (Å²) >= 11 is 2.06. The number of pyridine rings is 1. The number of guanidine groups is 1. The fourth-order valence-corrected chi connectivity index (χ4v) is 3.98. The van der Waals surface area contributed by atoms with Crippen molar-refractivity contribution >= 4 is 41.7 Å². The first kappa shape index (κ1) is 21.9. The summed E-state index contributed by atoms with van der Waals surface area (Å²) in [6.07, 6.45) is 3.55. The van der Waals surface area contributed by atoms with Crippen LogP contribution in [0.25, 0.3) is 11.6 Å². The number of aliphatic imine (C=N–C) groups is 1. The van der Waals surface area contributed by atoms with Gasteiger partial charge in [-0.2, -0.15) is 16.7 Å². The van der Waals surface area contributed by atoms with Crippen LogP contribution in [0.3, 0.4) is 0 Å². The minimum absolute atomic E-state index is 0. The fraction of sp³-hybridized carbons (Fsp3) is 0.556. The van der Waals surface area contributed by atoms with Gasteiger partial charge in [-0.1, -0.05) is 18.1 Å². The van der Waals surface area contributed by atoms with Crippen molar-refractivity contribution in [3.8, 4) is 11.6 Å². The molecule has 1 aliphatic heterocycles. The molecule has 0 aromatic carbocycles. The van der Waals surface area contributed by atoms with Crippen molar-refractivity contribution < 1.29 is 4.52 Å². The molecule has 0 saturated carbocycles. The first-order chi connectivity index (χ1) is 12.8. The van der Waals surface area contributed by atoms with E-state index in [0.717, 1.165) is 31.3 Å². The van der Waals surface area contributed by atoms with Crippen LogP contribution in [0.4, 0.5) is 0 Å². The number of nitrogens with zero attached hydrogens (tertiary/aromatic N) is 5. The van der Waals surface area contributed by atoms with Crippen LogP contribution < -0.4 is 5.32 Å². The number of nitrogens with one attached hydrogen (secondary N) is 1. The van der Waals surface area contributed by atoms with Gasteiger partial charge in [0.05, 0.1) is 0 Å². The second-order valence-corrected chi connectivity index (χ2v) is 7.47. The van der Waals surface area contributed by atoms with Gasteiger partial charge in [-0.05, 0) is 25.5 Å². The van der Waals surface area contributed by atoms with E-state index in [1.807, 2.05) is 18.2 Å². The maximum atomic E-state index is 5.30. The zero-order valence-corrected chi connectivity index (χ0v) is 18.9. The van der Waals surface area contributed by atoms with Crippen LogP contribution in [-0.2, 0) is 6.42 Å². The van der Waals surface area contributed by atoms with Crippen LogP contribution in [0.1, 0.15) is 26.1 Å². The fourth-order valence-electron chi connectivity index (χ4n) is 2.80. The third kappa shape index (κ3) is 6.34. The molecule has 2 aromatic heterocycles. The number of hydrogen-bond donors (Lipinski definition) is 1. The summed E-state index contributed by atoms with van der Waals surface area (Å²) in [4.78, 5) is 15.8. The van der Waals surface area contributed by atoms with Gasteiger partial charge in [-0.15, -0.1) is 24.0 Å². The highest BCUT2D eigenvalue weighted by molar-refractivity contribution is 14.0. The topological polar surface area (TPSA) is 79.4 Å². The van der Waals surface area contributed by atoms with Crippen molar-refractivity contribution in [1.82, 2.24) is 25.3 Å². The molecule has 0 radical (unpaired) electrons. The molecule has 1 fully saturated rings. The van der Waals surface area contributed by atoms with Crippen LogP contribution in [0.2, 0.25) is 0 Å². The van der Waals surface area contributed by atoms with E-state index in [9.17, 15) is 0 Å². The van der Waals surface area contributed by atoms with Crippen LogP contribution in [0.15, 0.2) is 33.9 Å². The lowest BCUT2D eigenvalue weighted by Gasteiger charge is -2.34. The van der Waals surface area contributed by atoms with Gasteiger partial charge in [-0.3, -0.25) is 9.98 Å². The van der Waals surface area contributed by atoms with E-state index in [1.54, 1.807) is 6.20 Å². The van der Waals surface area contributed by atoms with Crippen LogP contribution in [0, 0.1) is 0 Å². The van der Waals surface area contributed by atoms with Gasteiger partial charge in [0.1, 0.15) is 5.69 Å². The summed E-state index contributed by atoms with van der Waals surface area (Å²) in [5.74, 6) is 3.25. The predicted octanol–water partition coefficient (Wildman–Crippen LogP) is 3.09. The first-order valence-corrected chi connectivity index (χ1v) is 10.2. The molecule has 0 amide bonds. The highest BCUT2D eigenvalue weighted by Crippen LogP contribution is 2.21. The molecule has 27 heavy (non-hydrogen) atoms. The summed E-state index contributed by atoms with van der Waals surface area (Å²) in [5, 5.41) is 8.13. The van der Waals surface area contributed by atoms with Gasteiger partial charge in [0.25, 0.3) is 5.89 Å². The third-order valence-electron chi connectivity index (χ3n) is 4.18. The monoisotopic (exact) mass is 502 g/mol. The SMILES string of the molecule is CCNC(=NCCc1noc(-c2ccccn2)n1)N1CCSC(CC)C1.I. The standard InChI is InChI=1S/C18H26N6OS.HI/c1-3-14-13-24(11-12-26-14)18(19-4-2)21-10-8-16-22-17(25-23-16)15-7-5-6-9-20-15;/h5-7,9,14H,3-4,8,10-13H2,1-2H3,(H,19,21);1H. The summed E-state index contributed by atoms with van der Waals surface area (Å²) in [5.41, 5.74) is 0.694. The molecule has 3 heterocycles. The number of hydrogen-bond acceptors (Lipinski definition) is 6. The van der Waals surface area contributed by atoms with Gasteiger partial charge >= 0.3 is 0 Å². The molecule has 2 aromatic rings. The highest BCUT2D eigenvalue weighted by atomic mass is 127. The molecular formula is C18H27IN6OS. The van der Waals surface area contributed by atoms with Crippen molar-refractivity contribution in [2.45, 2.75) is 31.9 Å². The summed E-state index contributed by atoms with van der Waals surface area (Å²) in [6.45, 7) is 7.94. The quantitative estimate of drug-likeness (QED) is 0.370. The van der Waals surface area contributed by atoms with E-state index in [-0.39, 0.29) is 24.0 Å². The Balaban J connectivity index is 0.00000261. The Labute approximate surface area is 181 Å². The maximum absolute atomic E-state index is 5.30. The minimum Gasteiger partial charge on any atom is -0.357 e. The third-order valence-corrected chi connectivity index (χ3v) is 5.55. The van der Waals surface area contributed by atoms with E-state index in [1.165, 1.54) is 6.42 Å². The Morgan fingerprint density at radius 1 is 1.41 bits per heavy atom. The molecular weight excluding hydrogens is 475 g/mol. The molecule has 1 atom stereocenters. The molecule has 3 rings (SSSR count). The minimum atomic E-state index is 0. The van der Waals surface area contributed by atoms with Gasteiger partial charge < -0.3 is 14.7 Å². The van der Waals surface area contributed by atoms with Gasteiger partial charge in [0, 0.05) is 49.8 Å². The van der Waals surface area contributed by atoms with E-state index in [0.29, 0.717) is 35.6 Å². The average Bonchev–Trinajstić information content (AvgIpc) is 3.17. The molecule has 0 spiro atoms. The Morgan fingerprint density at radius 3 is 3.04 bits per heavy atom. The molecule has 7 nitrogen and oxygen atoms in total. The summed E-state index contributed by atoms with van der Waals surface area (Å²) in [7, 11) is 0. The number of aromatic nitrogens is 3. The highest BCUT2D eigenvalue weighted by Gasteiger charge is 2.21. The summed E-state index contributed by atoms with van der Waals surface area (Å²) in [6, 6.07) is 5.62. The van der Waals surface area contributed by atoms with E-state index in [2.05, 4.69) is 51.0 Å². The first-order valence-electron chi connectivity index (χ1n) is 9.19. The lowest BCUT2D eigenvalue weighted by molar-refractivity contribution is 0.407. The molecule has 148 valence electrons. The molecule has 1 N–H and O–H groups in total. The van der Waals surface area contributed by atoms with Gasteiger partial charge in [0.15, 0.2) is 11.8 Å². The van der Waals surface area contributed by atoms with E-state index >= 15 is 0 Å². The smallest absolute Gasteiger partial charge is 0.276 e. The van der Waals surface area contributed by atoms with Gasteiger partial charge in [0.2, 0.25) is 0 Å². The molecule has 1 unspecified atom stereocenters. The number of halogens is 1. The van der Waals surface area contributed by atoms with E-state index in [4.69, 9.17) is 9.52 Å².